The van der Waals surface area contributed by atoms with Crippen molar-refractivity contribution in [2.24, 2.45) is 0 Å². The van der Waals surface area contributed by atoms with Gasteiger partial charge in [0.25, 0.3) is 0 Å². The van der Waals surface area contributed by atoms with E-state index in [1.165, 1.54) is 5.75 Å². The molecule has 0 aromatic rings. The molecule has 0 heterocycles. The number of hydrogen-bond donors (Lipinski definition) is 1. The van der Waals surface area contributed by atoms with Gasteiger partial charge >= 0.3 is 0 Å². The molecule has 0 saturated heterocycles. The Bertz CT molecular complexity index is 54.9. The fourth-order valence-electron chi connectivity index (χ4n) is 0.544. The van der Waals surface area contributed by atoms with Crippen molar-refractivity contribution >= 4 is 11.8 Å². The number of hydrogen-bond acceptors (Lipinski definition) is 2. The summed E-state index contributed by atoms with van der Waals surface area (Å²) in [5.74, 6) is 1.24. The second-order valence-electron chi connectivity index (χ2n) is 2.27. The predicted molar refractivity (Wildman–Crippen MR) is 46.1 cm³/mol. The van der Waals surface area contributed by atoms with Crippen LogP contribution in [0.2, 0.25) is 0 Å². The second kappa shape index (κ2) is 6.43. The predicted octanol–water partition coefficient (Wildman–Crippen LogP) is 1.74. The van der Waals surface area contributed by atoms with E-state index in [9.17, 15) is 0 Å². The smallest absolute Gasteiger partial charge is 0.00606 e. The summed E-state index contributed by atoms with van der Waals surface area (Å²) in [7, 11) is 0. The minimum Gasteiger partial charge on any atom is -0.316 e. The molecule has 0 bridgehead atoms. The quantitative estimate of drug-likeness (QED) is 0.594. The lowest BCUT2D eigenvalue weighted by molar-refractivity contribution is 0.767. The summed E-state index contributed by atoms with van der Waals surface area (Å²) in [6.07, 6.45) is 0. The average Bonchev–Trinajstić information content (AvgIpc) is 1.80. The molecular formula is C7H17NS. The molecule has 1 N–H and O–H groups in total. The fraction of sp³-hybridized carbons (Fsp3) is 1.00. The molecule has 0 fully saturated rings. The highest BCUT2D eigenvalue weighted by molar-refractivity contribution is 7.99. The number of nitrogens with one attached hydrogen (secondary N) is 1. The summed E-state index contributed by atoms with van der Waals surface area (Å²) in [4.78, 5) is 0. The number of thioether (sulfide) groups is 1. The van der Waals surface area contributed by atoms with Gasteiger partial charge < -0.3 is 5.32 Å². The Morgan fingerprint density at radius 1 is 1.44 bits per heavy atom. The van der Waals surface area contributed by atoms with E-state index in [2.05, 4.69) is 26.1 Å². The van der Waals surface area contributed by atoms with Crippen LogP contribution in [0.1, 0.15) is 20.8 Å². The highest BCUT2D eigenvalue weighted by Crippen LogP contribution is 2.06. The zero-order valence-corrected chi connectivity index (χ0v) is 7.42. The maximum atomic E-state index is 3.28. The van der Waals surface area contributed by atoms with Gasteiger partial charge in [0.05, 0.1) is 0 Å². The van der Waals surface area contributed by atoms with Crippen molar-refractivity contribution in [2.45, 2.75) is 26.0 Å². The topological polar surface area (TPSA) is 12.0 Å². The third kappa shape index (κ3) is 8.31. The van der Waals surface area contributed by atoms with Crippen LogP contribution < -0.4 is 5.32 Å². The Morgan fingerprint density at radius 2 is 2.11 bits per heavy atom. The maximum absolute atomic E-state index is 3.28. The van der Waals surface area contributed by atoms with Gasteiger partial charge in [-0.2, -0.15) is 11.8 Å². The largest absolute Gasteiger partial charge is 0.316 e. The molecule has 0 aromatic heterocycles. The zero-order chi connectivity index (χ0) is 7.11. The minimum absolute atomic E-state index is 0.781. The number of rotatable bonds is 5. The van der Waals surface area contributed by atoms with E-state index in [-0.39, 0.29) is 0 Å². The van der Waals surface area contributed by atoms with E-state index < -0.39 is 0 Å². The van der Waals surface area contributed by atoms with Gasteiger partial charge in [0, 0.05) is 12.3 Å². The molecule has 0 rings (SSSR count). The summed E-state index contributed by atoms with van der Waals surface area (Å²) in [6.45, 7) is 8.85. The van der Waals surface area contributed by atoms with Crippen molar-refractivity contribution in [2.75, 3.05) is 18.8 Å². The lowest BCUT2D eigenvalue weighted by atomic mass is 10.6. The second-order valence-corrected chi connectivity index (χ2v) is 3.96. The molecule has 9 heavy (non-hydrogen) atoms. The monoisotopic (exact) mass is 147 g/mol. The zero-order valence-electron chi connectivity index (χ0n) is 6.61. The van der Waals surface area contributed by atoms with Crippen LogP contribution in [0, 0.1) is 0 Å². The summed E-state index contributed by atoms with van der Waals surface area (Å²) in [5.41, 5.74) is 0. The van der Waals surface area contributed by atoms with Gasteiger partial charge in [-0.25, -0.2) is 0 Å². The van der Waals surface area contributed by atoms with Crippen LogP contribution in [0.15, 0.2) is 0 Å². The van der Waals surface area contributed by atoms with Crippen LogP contribution in [-0.4, -0.2) is 24.1 Å². The Hall–Kier alpha value is 0.310. The normalized spacial score (nSPS) is 10.7. The molecule has 0 aliphatic heterocycles. The molecule has 0 unspecified atom stereocenters. The van der Waals surface area contributed by atoms with Gasteiger partial charge in [0.15, 0.2) is 0 Å². The first kappa shape index (κ1) is 9.31. The van der Waals surface area contributed by atoms with Crippen LogP contribution in [0.25, 0.3) is 0 Å². The first-order valence-electron chi connectivity index (χ1n) is 3.59. The van der Waals surface area contributed by atoms with Gasteiger partial charge in [-0.15, -0.1) is 0 Å². The van der Waals surface area contributed by atoms with E-state index in [1.54, 1.807) is 0 Å². The van der Waals surface area contributed by atoms with E-state index in [0.717, 1.165) is 18.3 Å². The van der Waals surface area contributed by atoms with Gasteiger partial charge in [-0.05, 0) is 11.8 Å². The van der Waals surface area contributed by atoms with Crippen LogP contribution in [0.5, 0.6) is 0 Å². The molecule has 1 nitrogen and oxygen atoms in total. The van der Waals surface area contributed by atoms with Crippen molar-refractivity contribution in [1.29, 1.82) is 0 Å². The third-order valence-electron chi connectivity index (χ3n) is 0.980. The average molecular weight is 147 g/mol. The van der Waals surface area contributed by atoms with Crippen molar-refractivity contribution < 1.29 is 0 Å². The van der Waals surface area contributed by atoms with Gasteiger partial charge in [0.1, 0.15) is 0 Å². The molecule has 56 valence electrons. The van der Waals surface area contributed by atoms with Gasteiger partial charge in [-0.1, -0.05) is 20.8 Å². The summed E-state index contributed by atoms with van der Waals surface area (Å²) >= 11 is 2.01. The lowest BCUT2D eigenvalue weighted by Gasteiger charge is -2.03. The first-order valence-corrected chi connectivity index (χ1v) is 4.64. The minimum atomic E-state index is 0.781. The summed E-state index contributed by atoms with van der Waals surface area (Å²) in [5, 5.41) is 4.06. The highest BCUT2D eigenvalue weighted by Gasteiger charge is 1.91. The molecule has 0 amide bonds. The van der Waals surface area contributed by atoms with Crippen molar-refractivity contribution in [3.63, 3.8) is 0 Å². The molecule has 0 atom stereocenters. The first-order chi connectivity index (χ1) is 4.27. The summed E-state index contributed by atoms with van der Waals surface area (Å²) in [6, 6.07) is 0. The lowest BCUT2D eigenvalue weighted by Crippen LogP contribution is -2.16. The van der Waals surface area contributed by atoms with Crippen LogP contribution >= 0.6 is 11.8 Å². The molecule has 0 radical (unpaired) electrons. The molecule has 2 heteroatoms. The third-order valence-corrected chi connectivity index (χ3v) is 2.09. The fourth-order valence-corrected chi connectivity index (χ4v) is 1.28. The SMILES string of the molecule is CCNCCSC(C)C. The van der Waals surface area contributed by atoms with Crippen molar-refractivity contribution in [3.05, 3.63) is 0 Å². The van der Waals surface area contributed by atoms with E-state index in [0.29, 0.717) is 0 Å². The Morgan fingerprint density at radius 3 is 2.56 bits per heavy atom. The van der Waals surface area contributed by atoms with Crippen LogP contribution in [0.4, 0.5) is 0 Å². The highest BCUT2D eigenvalue weighted by atomic mass is 32.2. The van der Waals surface area contributed by atoms with Crippen molar-refractivity contribution in [3.8, 4) is 0 Å². The molecule has 0 aromatic carbocycles. The molecular weight excluding hydrogens is 130 g/mol. The molecule has 0 spiro atoms. The van der Waals surface area contributed by atoms with Gasteiger partial charge in [-0.3, -0.25) is 0 Å². The van der Waals surface area contributed by atoms with Crippen LogP contribution in [-0.2, 0) is 0 Å². The molecule has 0 aliphatic rings. The van der Waals surface area contributed by atoms with E-state index >= 15 is 0 Å². The molecule has 0 aliphatic carbocycles. The van der Waals surface area contributed by atoms with E-state index in [4.69, 9.17) is 0 Å². The van der Waals surface area contributed by atoms with Crippen LogP contribution in [0.3, 0.4) is 0 Å². The standard InChI is InChI=1S/C7H17NS/c1-4-8-5-6-9-7(2)3/h7-8H,4-6H2,1-3H3. The molecule has 0 saturated carbocycles. The Labute approximate surface area is 62.6 Å². The maximum Gasteiger partial charge on any atom is 0.00606 e. The Balaban J connectivity index is 2.75. The van der Waals surface area contributed by atoms with Crippen molar-refractivity contribution in [1.82, 2.24) is 5.32 Å². The van der Waals surface area contributed by atoms with E-state index in [1.807, 2.05) is 11.8 Å². The summed E-state index contributed by atoms with van der Waals surface area (Å²) < 4.78 is 0. The van der Waals surface area contributed by atoms with Gasteiger partial charge in [0.2, 0.25) is 0 Å². The Kier molecular flexibility index (Phi) is 6.65.